The fourth-order valence-corrected chi connectivity index (χ4v) is 5.93. The summed E-state index contributed by atoms with van der Waals surface area (Å²) >= 11 is 0. The first-order valence-electron chi connectivity index (χ1n) is 14.3. The first kappa shape index (κ1) is 29.1. The highest BCUT2D eigenvalue weighted by Crippen LogP contribution is 2.52. The van der Waals surface area contributed by atoms with E-state index < -0.39 is 11.1 Å². The Morgan fingerprint density at radius 1 is 1.12 bits per heavy atom. The van der Waals surface area contributed by atoms with Gasteiger partial charge in [-0.3, -0.25) is 19.5 Å². The van der Waals surface area contributed by atoms with Gasteiger partial charge in [-0.2, -0.15) is 5.26 Å². The van der Waals surface area contributed by atoms with E-state index in [1.54, 1.807) is 46.5 Å². The second-order valence-corrected chi connectivity index (χ2v) is 12.7. The molecule has 2 aromatic rings. The molecule has 218 valence electrons. The first-order valence-corrected chi connectivity index (χ1v) is 14.3. The summed E-state index contributed by atoms with van der Waals surface area (Å²) in [6.45, 7) is 10.5. The molecule has 0 spiro atoms. The van der Waals surface area contributed by atoms with Crippen molar-refractivity contribution in [3.8, 4) is 6.07 Å². The van der Waals surface area contributed by atoms with E-state index in [1.807, 2.05) is 52.8 Å². The van der Waals surface area contributed by atoms with Crippen LogP contribution in [0.15, 0.2) is 72.3 Å². The summed E-state index contributed by atoms with van der Waals surface area (Å²) in [4.78, 5) is 48.2. The van der Waals surface area contributed by atoms with Crippen molar-refractivity contribution in [2.45, 2.75) is 64.6 Å². The molecule has 5 rings (SSSR count). The number of hydrogen-bond acceptors (Lipinski definition) is 7. The minimum atomic E-state index is -0.989. The van der Waals surface area contributed by atoms with E-state index in [0.717, 1.165) is 11.1 Å². The minimum Gasteiger partial charge on any atom is -0.444 e. The number of ether oxygens (including phenoxy) is 1. The number of nitriles is 1. The number of likely N-dealkylation sites (tertiary alicyclic amines) is 1. The average Bonchev–Trinajstić information content (AvgIpc) is 3.28. The van der Waals surface area contributed by atoms with Crippen molar-refractivity contribution in [1.29, 1.82) is 5.26 Å². The monoisotopic (exact) mass is 567 g/mol. The van der Waals surface area contributed by atoms with Gasteiger partial charge >= 0.3 is 6.09 Å². The minimum absolute atomic E-state index is 0.0843. The number of nitrogens with one attached hydrogen (secondary N) is 1. The molecule has 3 aliphatic rings. The molecule has 1 aromatic heterocycles. The van der Waals surface area contributed by atoms with Crippen LogP contribution < -0.4 is 5.32 Å². The summed E-state index contributed by atoms with van der Waals surface area (Å²) in [7, 11) is 0. The van der Waals surface area contributed by atoms with Gasteiger partial charge in [-0.25, -0.2) is 4.79 Å². The van der Waals surface area contributed by atoms with Crippen LogP contribution in [0, 0.1) is 23.2 Å². The SMILES string of the molecule is CC(C)=CCC1(Cc2ccncc2)N/C(=C\C(=O)c2ccc(C#N)cc2)N(C2[C@H]3CN(C(=O)OC(C)(C)C)C[C@@H]23)C1=O. The maximum absolute atomic E-state index is 14.5. The maximum atomic E-state index is 14.5. The predicted octanol–water partition coefficient (Wildman–Crippen LogP) is 4.61. The molecule has 0 radical (unpaired) electrons. The van der Waals surface area contributed by atoms with Crippen molar-refractivity contribution >= 4 is 17.8 Å². The zero-order valence-corrected chi connectivity index (χ0v) is 24.8. The predicted molar refractivity (Wildman–Crippen MR) is 157 cm³/mol. The Morgan fingerprint density at radius 3 is 2.33 bits per heavy atom. The molecule has 2 unspecified atom stereocenters. The summed E-state index contributed by atoms with van der Waals surface area (Å²) in [5.41, 5.74) is 1.37. The van der Waals surface area contributed by atoms with Crippen LogP contribution >= 0.6 is 0 Å². The Kier molecular flexibility index (Phi) is 7.67. The van der Waals surface area contributed by atoms with E-state index in [1.165, 1.54) is 6.08 Å². The van der Waals surface area contributed by atoms with E-state index >= 15 is 0 Å². The molecule has 4 atom stereocenters. The number of allylic oxidation sites excluding steroid dienone is 2. The largest absolute Gasteiger partial charge is 0.444 e. The molecular formula is C33H37N5O4. The zero-order valence-electron chi connectivity index (χ0n) is 24.8. The number of benzene rings is 1. The second-order valence-electron chi connectivity index (χ2n) is 12.7. The molecule has 0 bridgehead atoms. The Labute approximate surface area is 246 Å². The molecule has 1 N–H and O–H groups in total. The highest BCUT2D eigenvalue weighted by molar-refractivity contribution is 6.06. The number of carbonyl (C=O) groups is 3. The van der Waals surface area contributed by atoms with Crippen LogP contribution in [0.1, 0.15) is 62.5 Å². The Balaban J connectivity index is 1.47. The molecule has 3 heterocycles. The van der Waals surface area contributed by atoms with E-state index in [9.17, 15) is 14.4 Å². The summed E-state index contributed by atoms with van der Waals surface area (Å²) in [6.07, 6.45) is 7.49. The van der Waals surface area contributed by atoms with Crippen LogP contribution in [0.25, 0.3) is 0 Å². The normalized spacial score (nSPS) is 25.5. The van der Waals surface area contributed by atoms with Gasteiger partial charge in [-0.05, 0) is 83.0 Å². The van der Waals surface area contributed by atoms with Gasteiger partial charge in [0.1, 0.15) is 17.0 Å². The van der Waals surface area contributed by atoms with Crippen molar-refractivity contribution < 1.29 is 19.1 Å². The van der Waals surface area contributed by atoms with Crippen LogP contribution in [0.5, 0.6) is 0 Å². The number of ketones is 1. The first-order chi connectivity index (χ1) is 19.9. The number of carbonyl (C=O) groups excluding carboxylic acids is 3. The number of pyridine rings is 1. The summed E-state index contributed by atoms with van der Waals surface area (Å²) < 4.78 is 5.57. The van der Waals surface area contributed by atoms with Crippen molar-refractivity contribution in [2.75, 3.05) is 13.1 Å². The molecule has 9 nitrogen and oxygen atoms in total. The summed E-state index contributed by atoms with van der Waals surface area (Å²) in [5, 5.41) is 12.6. The van der Waals surface area contributed by atoms with Crippen LogP contribution in [0.4, 0.5) is 4.79 Å². The molecular weight excluding hydrogens is 530 g/mol. The maximum Gasteiger partial charge on any atom is 0.410 e. The van der Waals surface area contributed by atoms with Crippen molar-refractivity contribution in [3.63, 3.8) is 0 Å². The smallest absolute Gasteiger partial charge is 0.410 e. The lowest BCUT2D eigenvalue weighted by Crippen LogP contribution is -2.49. The third-order valence-corrected chi connectivity index (χ3v) is 8.03. The Morgan fingerprint density at radius 2 is 1.76 bits per heavy atom. The fourth-order valence-electron chi connectivity index (χ4n) is 5.93. The molecule has 1 aromatic carbocycles. The molecule has 2 amide bonds. The molecule has 3 fully saturated rings. The number of rotatable bonds is 7. The summed E-state index contributed by atoms with van der Waals surface area (Å²) in [5.74, 6) is 0.310. The van der Waals surface area contributed by atoms with Crippen molar-refractivity contribution in [3.05, 3.63) is 89.0 Å². The van der Waals surface area contributed by atoms with E-state index in [-0.39, 0.29) is 35.7 Å². The molecule has 2 saturated heterocycles. The third-order valence-electron chi connectivity index (χ3n) is 8.03. The zero-order chi connectivity index (χ0) is 30.2. The van der Waals surface area contributed by atoms with Gasteiger partial charge in [0.2, 0.25) is 0 Å². The van der Waals surface area contributed by atoms with Crippen LogP contribution in [-0.2, 0) is 16.0 Å². The highest BCUT2D eigenvalue weighted by atomic mass is 16.6. The molecule has 9 heteroatoms. The fraction of sp³-hybridized carbons (Fsp3) is 0.424. The lowest BCUT2D eigenvalue weighted by Gasteiger charge is -2.28. The molecule has 1 aliphatic carbocycles. The molecule has 2 aliphatic heterocycles. The van der Waals surface area contributed by atoms with Crippen LogP contribution in [0.2, 0.25) is 0 Å². The third kappa shape index (κ3) is 5.94. The standard InChI is InChI=1S/C33H37N5O4/c1-21(2)10-13-33(17-22-11-14-35-15-12-22)30(40)38(28(36-33)16-27(39)24-8-6-23(18-34)7-9-24)29-25-19-37(20-26(25)29)31(41)42-32(3,4)5/h6-12,14-16,25-26,29,36H,13,17,19-20H2,1-5H3/b28-16+/t25-,26+,29?,33?. The topological polar surface area (TPSA) is 116 Å². The highest BCUT2D eigenvalue weighted by Gasteiger charge is 2.65. The van der Waals surface area contributed by atoms with E-state index in [4.69, 9.17) is 10.00 Å². The molecule has 1 saturated carbocycles. The van der Waals surface area contributed by atoms with Crippen molar-refractivity contribution in [1.82, 2.24) is 20.1 Å². The Bertz CT molecular complexity index is 1470. The number of aromatic nitrogens is 1. The summed E-state index contributed by atoms with van der Waals surface area (Å²) in [6, 6.07) is 12.2. The van der Waals surface area contributed by atoms with Gasteiger partial charge in [0.05, 0.1) is 11.6 Å². The number of amides is 2. The van der Waals surface area contributed by atoms with Crippen molar-refractivity contribution in [2.24, 2.45) is 11.8 Å². The number of piperidine rings is 1. The van der Waals surface area contributed by atoms with Crippen LogP contribution in [0.3, 0.4) is 0 Å². The lowest BCUT2D eigenvalue weighted by molar-refractivity contribution is -0.132. The van der Waals surface area contributed by atoms with Gasteiger partial charge in [0, 0.05) is 61.4 Å². The van der Waals surface area contributed by atoms with Gasteiger partial charge in [0.15, 0.2) is 5.78 Å². The van der Waals surface area contributed by atoms with Gasteiger partial charge in [-0.15, -0.1) is 0 Å². The number of hydrogen-bond donors (Lipinski definition) is 1. The second kappa shape index (κ2) is 11.1. The van der Waals surface area contributed by atoms with Gasteiger partial charge in [0.25, 0.3) is 5.91 Å². The Hall–Kier alpha value is -4.45. The molecule has 42 heavy (non-hydrogen) atoms. The van der Waals surface area contributed by atoms with Gasteiger partial charge in [-0.1, -0.05) is 11.6 Å². The quantitative estimate of drug-likeness (QED) is 0.295. The average molecular weight is 568 g/mol. The van der Waals surface area contributed by atoms with E-state index in [0.29, 0.717) is 42.9 Å². The number of nitrogens with zero attached hydrogens (tertiary/aromatic N) is 4. The lowest BCUT2D eigenvalue weighted by atomic mass is 9.87. The van der Waals surface area contributed by atoms with Crippen LogP contribution in [-0.4, -0.2) is 62.8 Å². The van der Waals surface area contributed by atoms with E-state index in [2.05, 4.69) is 16.4 Å². The van der Waals surface area contributed by atoms with Gasteiger partial charge < -0.3 is 15.0 Å². The number of fused-ring (bicyclic) bond motifs is 1.